The molecule has 0 spiro atoms. The maximum atomic E-state index is 12.1. The zero-order chi connectivity index (χ0) is 13.9. The molecule has 2 fully saturated rings. The number of carbonyl (C=O) groups is 2. The number of rotatable bonds is 3. The Morgan fingerprint density at radius 1 is 1.45 bits per heavy atom. The molecule has 1 aromatic heterocycles. The molecule has 1 atom stereocenters. The fourth-order valence-corrected chi connectivity index (χ4v) is 2.29. The van der Waals surface area contributed by atoms with Crippen molar-refractivity contribution >= 4 is 11.8 Å². The first-order valence-electron chi connectivity index (χ1n) is 6.62. The molecule has 0 aromatic carbocycles. The van der Waals surface area contributed by atoms with Crippen LogP contribution in [0, 0.1) is 0 Å². The quantitative estimate of drug-likeness (QED) is 0.774. The maximum absolute atomic E-state index is 12.1. The first-order valence-corrected chi connectivity index (χ1v) is 6.62. The summed E-state index contributed by atoms with van der Waals surface area (Å²) < 4.78 is 5.69. The van der Waals surface area contributed by atoms with Gasteiger partial charge in [-0.3, -0.25) is 20.0 Å². The van der Waals surface area contributed by atoms with E-state index in [1.165, 1.54) is 0 Å². The molecule has 0 radical (unpaired) electrons. The Bertz CT molecular complexity index is 492. The van der Waals surface area contributed by atoms with Gasteiger partial charge in [0.15, 0.2) is 0 Å². The molecular weight excluding hydrogens is 260 g/mol. The Morgan fingerprint density at radius 2 is 2.30 bits per heavy atom. The van der Waals surface area contributed by atoms with E-state index in [1.54, 1.807) is 17.3 Å². The van der Waals surface area contributed by atoms with Crippen molar-refractivity contribution in [2.24, 2.45) is 0 Å². The number of pyridine rings is 1. The minimum absolute atomic E-state index is 0.0102. The highest BCUT2D eigenvalue weighted by molar-refractivity contribution is 5.85. The summed E-state index contributed by atoms with van der Waals surface area (Å²) >= 11 is 0. The van der Waals surface area contributed by atoms with E-state index in [0.29, 0.717) is 31.7 Å². The fourth-order valence-electron chi connectivity index (χ4n) is 2.29. The molecule has 0 bridgehead atoms. The number of hydrogen-bond acceptors (Lipinski definition) is 5. The van der Waals surface area contributed by atoms with Gasteiger partial charge in [0.25, 0.3) is 0 Å². The first kappa shape index (κ1) is 12.9. The third-order valence-electron chi connectivity index (χ3n) is 3.44. The van der Waals surface area contributed by atoms with Crippen LogP contribution in [0.3, 0.4) is 0 Å². The lowest BCUT2D eigenvalue weighted by Crippen LogP contribution is -2.63. The summed E-state index contributed by atoms with van der Waals surface area (Å²) in [6, 6.07) is 3.33. The van der Waals surface area contributed by atoms with Gasteiger partial charge < -0.3 is 9.64 Å². The van der Waals surface area contributed by atoms with Crippen molar-refractivity contribution in [2.45, 2.75) is 25.0 Å². The van der Waals surface area contributed by atoms with E-state index in [2.05, 4.69) is 15.8 Å². The topological polar surface area (TPSA) is 83.6 Å². The van der Waals surface area contributed by atoms with Crippen LogP contribution in [0.15, 0.2) is 24.5 Å². The van der Waals surface area contributed by atoms with Gasteiger partial charge in [-0.25, -0.2) is 5.43 Å². The fraction of sp³-hybridized carbons (Fsp3) is 0.462. The zero-order valence-corrected chi connectivity index (χ0v) is 10.9. The van der Waals surface area contributed by atoms with E-state index >= 15 is 0 Å². The predicted molar refractivity (Wildman–Crippen MR) is 69.5 cm³/mol. The maximum Gasteiger partial charge on any atom is 0.241 e. The molecule has 1 aromatic rings. The Hall–Kier alpha value is -2.15. The van der Waals surface area contributed by atoms with Crippen LogP contribution in [0.25, 0.3) is 0 Å². The standard InChI is InChI=1S/C13H16N4O3/c18-12-4-3-11(15-16-12)13(19)17-7-10(8-17)20-9-2-1-5-14-6-9/h1-2,5-6,10-11,15H,3-4,7-8H2,(H,16,18). The van der Waals surface area contributed by atoms with E-state index in [-0.39, 0.29) is 24.0 Å². The summed E-state index contributed by atoms with van der Waals surface area (Å²) in [4.78, 5) is 28.9. The highest BCUT2D eigenvalue weighted by Crippen LogP contribution is 2.18. The Kier molecular flexibility index (Phi) is 3.51. The van der Waals surface area contributed by atoms with Crippen LogP contribution in [0.1, 0.15) is 12.8 Å². The molecule has 2 aliphatic rings. The van der Waals surface area contributed by atoms with E-state index in [0.717, 1.165) is 0 Å². The van der Waals surface area contributed by atoms with Crippen LogP contribution in [0.4, 0.5) is 0 Å². The third kappa shape index (κ3) is 2.72. The summed E-state index contributed by atoms with van der Waals surface area (Å²) in [6.45, 7) is 1.14. The summed E-state index contributed by atoms with van der Waals surface area (Å²) in [5, 5.41) is 0. The first-order chi connectivity index (χ1) is 9.72. The number of amides is 2. The second kappa shape index (κ2) is 5.46. The molecule has 7 heteroatoms. The van der Waals surface area contributed by atoms with Crippen LogP contribution < -0.4 is 15.6 Å². The number of hydrazine groups is 1. The molecular formula is C13H16N4O3. The van der Waals surface area contributed by atoms with Crippen LogP contribution in [0.2, 0.25) is 0 Å². The van der Waals surface area contributed by atoms with Gasteiger partial charge in [-0.2, -0.15) is 0 Å². The number of ether oxygens (including phenoxy) is 1. The molecule has 0 saturated carbocycles. The SMILES string of the molecule is O=C1CCC(C(=O)N2CC(Oc3cccnc3)C2)NN1. The molecule has 3 rings (SSSR count). The van der Waals surface area contributed by atoms with E-state index in [1.807, 2.05) is 12.1 Å². The van der Waals surface area contributed by atoms with Gasteiger partial charge in [0.05, 0.1) is 19.3 Å². The summed E-state index contributed by atoms with van der Waals surface area (Å²) in [5.41, 5.74) is 5.23. The number of carbonyl (C=O) groups excluding carboxylic acids is 2. The van der Waals surface area contributed by atoms with Gasteiger partial charge in [-0.15, -0.1) is 0 Å². The molecule has 106 valence electrons. The molecule has 2 aliphatic heterocycles. The van der Waals surface area contributed by atoms with Crippen LogP contribution in [-0.2, 0) is 9.59 Å². The van der Waals surface area contributed by atoms with Gasteiger partial charge in [0, 0.05) is 12.6 Å². The van der Waals surface area contributed by atoms with Crippen molar-refractivity contribution in [2.75, 3.05) is 13.1 Å². The van der Waals surface area contributed by atoms with E-state index < -0.39 is 0 Å². The van der Waals surface area contributed by atoms with Crippen LogP contribution in [0.5, 0.6) is 5.75 Å². The van der Waals surface area contributed by atoms with Crippen molar-refractivity contribution in [1.29, 1.82) is 0 Å². The van der Waals surface area contributed by atoms with Crippen molar-refractivity contribution in [3.63, 3.8) is 0 Å². The lowest BCUT2D eigenvalue weighted by molar-refractivity contribution is -0.144. The number of nitrogens with zero attached hydrogens (tertiary/aromatic N) is 2. The normalized spacial score (nSPS) is 22.9. The van der Waals surface area contributed by atoms with Gasteiger partial charge in [0.1, 0.15) is 17.9 Å². The Balaban J connectivity index is 1.45. The molecule has 3 heterocycles. The van der Waals surface area contributed by atoms with Crippen molar-refractivity contribution in [3.05, 3.63) is 24.5 Å². The average Bonchev–Trinajstić information content (AvgIpc) is 2.44. The van der Waals surface area contributed by atoms with Gasteiger partial charge >= 0.3 is 0 Å². The second-order valence-corrected chi connectivity index (χ2v) is 4.96. The second-order valence-electron chi connectivity index (χ2n) is 4.96. The molecule has 2 N–H and O–H groups in total. The minimum Gasteiger partial charge on any atom is -0.485 e. The number of likely N-dealkylation sites (tertiary alicyclic amines) is 1. The van der Waals surface area contributed by atoms with E-state index in [4.69, 9.17) is 4.74 Å². The predicted octanol–water partition coefficient (Wildman–Crippen LogP) is -0.546. The van der Waals surface area contributed by atoms with Gasteiger partial charge in [-0.05, 0) is 18.6 Å². The van der Waals surface area contributed by atoms with Gasteiger partial charge in [-0.1, -0.05) is 0 Å². The molecule has 2 saturated heterocycles. The van der Waals surface area contributed by atoms with Crippen molar-refractivity contribution in [1.82, 2.24) is 20.7 Å². The molecule has 0 aliphatic carbocycles. The number of nitrogens with one attached hydrogen (secondary N) is 2. The number of aromatic nitrogens is 1. The minimum atomic E-state index is -0.327. The lowest BCUT2D eigenvalue weighted by atomic mass is 10.1. The molecule has 2 amide bonds. The van der Waals surface area contributed by atoms with Gasteiger partial charge in [0.2, 0.25) is 11.8 Å². The van der Waals surface area contributed by atoms with E-state index in [9.17, 15) is 9.59 Å². The highest BCUT2D eigenvalue weighted by atomic mass is 16.5. The third-order valence-corrected chi connectivity index (χ3v) is 3.44. The molecule has 20 heavy (non-hydrogen) atoms. The molecule has 7 nitrogen and oxygen atoms in total. The number of hydrogen-bond donors (Lipinski definition) is 2. The average molecular weight is 276 g/mol. The molecule has 1 unspecified atom stereocenters. The largest absolute Gasteiger partial charge is 0.485 e. The van der Waals surface area contributed by atoms with Crippen LogP contribution >= 0.6 is 0 Å². The Morgan fingerprint density at radius 3 is 2.95 bits per heavy atom. The monoisotopic (exact) mass is 276 g/mol. The lowest BCUT2D eigenvalue weighted by Gasteiger charge is -2.41. The smallest absolute Gasteiger partial charge is 0.241 e. The summed E-state index contributed by atoms with van der Waals surface area (Å²) in [6.07, 6.45) is 4.28. The zero-order valence-electron chi connectivity index (χ0n) is 10.9. The van der Waals surface area contributed by atoms with Crippen molar-refractivity contribution < 1.29 is 14.3 Å². The highest BCUT2D eigenvalue weighted by Gasteiger charge is 2.36. The van der Waals surface area contributed by atoms with Crippen molar-refractivity contribution in [3.8, 4) is 5.75 Å². The summed E-state index contributed by atoms with van der Waals surface area (Å²) in [5.74, 6) is 0.652. The van der Waals surface area contributed by atoms with Crippen LogP contribution in [-0.4, -0.2) is 46.9 Å². The summed E-state index contributed by atoms with van der Waals surface area (Å²) in [7, 11) is 0. The Labute approximate surface area is 116 Å².